The molecule has 108 valence electrons. The molecule has 1 heterocycles. The number of nitrogens with zero attached hydrogens (tertiary/aromatic N) is 2. The number of nitrogens with one attached hydrogen (secondary N) is 1. The molecular formula is C14H18FN3O2. The van der Waals surface area contributed by atoms with Crippen molar-refractivity contribution in [2.45, 2.75) is 32.9 Å². The lowest BCUT2D eigenvalue weighted by Gasteiger charge is -2.14. The minimum Gasteiger partial charge on any atom is -0.482 e. The third kappa shape index (κ3) is 3.77. The zero-order chi connectivity index (χ0) is 14.4. The summed E-state index contributed by atoms with van der Waals surface area (Å²) in [4.78, 5) is 3.81. The van der Waals surface area contributed by atoms with Crippen LogP contribution in [0.15, 0.2) is 29.1 Å². The fourth-order valence-corrected chi connectivity index (χ4v) is 1.78. The van der Waals surface area contributed by atoms with E-state index in [1.807, 2.05) is 13.0 Å². The number of halogens is 1. The van der Waals surface area contributed by atoms with Crippen LogP contribution in [0.25, 0.3) is 0 Å². The first-order valence-corrected chi connectivity index (χ1v) is 6.61. The molecule has 0 saturated carbocycles. The van der Waals surface area contributed by atoms with E-state index >= 15 is 0 Å². The van der Waals surface area contributed by atoms with E-state index in [1.165, 1.54) is 12.5 Å². The van der Waals surface area contributed by atoms with Crippen LogP contribution >= 0.6 is 0 Å². The average Bonchev–Trinajstić information content (AvgIpc) is 2.96. The number of hydrogen-bond acceptors (Lipinski definition) is 5. The summed E-state index contributed by atoms with van der Waals surface area (Å²) in [6, 6.07) is 5.06. The van der Waals surface area contributed by atoms with Gasteiger partial charge in [-0.15, -0.1) is 0 Å². The molecule has 0 saturated heterocycles. The Morgan fingerprint density at radius 1 is 1.45 bits per heavy atom. The molecule has 5 nitrogen and oxygen atoms in total. The molecule has 1 aromatic carbocycles. The standard InChI is InChI=1S/C14H18FN3O2/c1-3-6-16-10(2)11-4-5-13(12(15)7-11)19-8-14-17-9-20-18-14/h4-5,7,9-10,16H,3,6,8H2,1-2H3. The van der Waals surface area contributed by atoms with Gasteiger partial charge < -0.3 is 14.6 Å². The van der Waals surface area contributed by atoms with Gasteiger partial charge in [0.05, 0.1) is 0 Å². The molecule has 0 bridgehead atoms. The molecule has 0 aliphatic rings. The van der Waals surface area contributed by atoms with Gasteiger partial charge in [0.2, 0.25) is 12.2 Å². The van der Waals surface area contributed by atoms with E-state index in [-0.39, 0.29) is 18.4 Å². The number of benzene rings is 1. The van der Waals surface area contributed by atoms with Gasteiger partial charge in [-0.05, 0) is 37.6 Å². The Labute approximate surface area is 117 Å². The predicted octanol–water partition coefficient (Wildman–Crippen LogP) is 2.85. The van der Waals surface area contributed by atoms with E-state index in [1.54, 1.807) is 6.07 Å². The summed E-state index contributed by atoms with van der Waals surface area (Å²) in [6.45, 7) is 5.08. The van der Waals surface area contributed by atoms with Crippen LogP contribution in [0.5, 0.6) is 5.75 Å². The topological polar surface area (TPSA) is 60.2 Å². The van der Waals surface area contributed by atoms with Crippen LogP contribution in [-0.4, -0.2) is 16.7 Å². The zero-order valence-electron chi connectivity index (χ0n) is 11.6. The molecule has 20 heavy (non-hydrogen) atoms. The summed E-state index contributed by atoms with van der Waals surface area (Å²) >= 11 is 0. The SMILES string of the molecule is CCCNC(C)c1ccc(OCc2ncon2)c(F)c1. The predicted molar refractivity (Wildman–Crippen MR) is 71.7 cm³/mol. The van der Waals surface area contributed by atoms with Crippen molar-refractivity contribution < 1.29 is 13.7 Å². The molecule has 6 heteroatoms. The molecule has 1 N–H and O–H groups in total. The van der Waals surface area contributed by atoms with Gasteiger partial charge in [-0.1, -0.05) is 18.1 Å². The van der Waals surface area contributed by atoms with Gasteiger partial charge in [0.25, 0.3) is 0 Å². The first-order chi connectivity index (χ1) is 9.70. The van der Waals surface area contributed by atoms with E-state index < -0.39 is 5.82 Å². The van der Waals surface area contributed by atoms with Gasteiger partial charge in [0, 0.05) is 6.04 Å². The summed E-state index contributed by atoms with van der Waals surface area (Å²) in [5.74, 6) is 0.170. The maximum atomic E-state index is 13.9. The van der Waals surface area contributed by atoms with Gasteiger partial charge in [-0.3, -0.25) is 0 Å². The third-order valence-corrected chi connectivity index (χ3v) is 2.92. The van der Waals surface area contributed by atoms with E-state index in [9.17, 15) is 4.39 Å². The van der Waals surface area contributed by atoms with Gasteiger partial charge in [-0.2, -0.15) is 4.98 Å². The Kier molecular flexibility index (Phi) is 5.06. The quantitative estimate of drug-likeness (QED) is 0.844. The second kappa shape index (κ2) is 7.00. The first kappa shape index (κ1) is 14.5. The molecule has 2 rings (SSSR count). The van der Waals surface area contributed by atoms with E-state index in [0.29, 0.717) is 5.82 Å². The lowest BCUT2D eigenvalue weighted by molar-refractivity contribution is 0.273. The Morgan fingerprint density at radius 3 is 2.95 bits per heavy atom. The van der Waals surface area contributed by atoms with Crippen LogP contribution in [0.3, 0.4) is 0 Å². The molecule has 0 aliphatic heterocycles. The average molecular weight is 279 g/mol. The molecule has 0 spiro atoms. The second-order valence-corrected chi connectivity index (χ2v) is 4.50. The monoisotopic (exact) mass is 279 g/mol. The molecule has 1 atom stereocenters. The van der Waals surface area contributed by atoms with E-state index in [0.717, 1.165) is 18.5 Å². The fraction of sp³-hybridized carbons (Fsp3) is 0.429. The highest BCUT2D eigenvalue weighted by atomic mass is 19.1. The molecule has 1 unspecified atom stereocenters. The number of ether oxygens (including phenoxy) is 1. The highest BCUT2D eigenvalue weighted by Crippen LogP contribution is 2.22. The number of rotatable bonds is 7. The van der Waals surface area contributed by atoms with Crippen molar-refractivity contribution in [2.75, 3.05) is 6.54 Å². The van der Waals surface area contributed by atoms with Crippen LogP contribution < -0.4 is 10.1 Å². The third-order valence-electron chi connectivity index (χ3n) is 2.92. The van der Waals surface area contributed by atoms with Crippen molar-refractivity contribution in [1.29, 1.82) is 0 Å². The highest BCUT2D eigenvalue weighted by molar-refractivity contribution is 5.30. The number of aromatic nitrogens is 2. The Morgan fingerprint density at radius 2 is 2.30 bits per heavy atom. The van der Waals surface area contributed by atoms with Gasteiger partial charge >= 0.3 is 0 Å². The van der Waals surface area contributed by atoms with Crippen molar-refractivity contribution in [3.63, 3.8) is 0 Å². The van der Waals surface area contributed by atoms with E-state index in [2.05, 4.69) is 26.9 Å². The lowest BCUT2D eigenvalue weighted by Crippen LogP contribution is -2.19. The Hall–Kier alpha value is -1.95. The molecule has 0 aliphatic carbocycles. The Bertz CT molecular complexity index is 531. The van der Waals surface area contributed by atoms with Crippen LogP contribution in [0.2, 0.25) is 0 Å². The van der Waals surface area contributed by atoms with Crippen LogP contribution in [-0.2, 0) is 6.61 Å². The van der Waals surface area contributed by atoms with Crippen molar-refractivity contribution >= 4 is 0 Å². The molecule has 0 fully saturated rings. The number of hydrogen-bond donors (Lipinski definition) is 1. The molecular weight excluding hydrogens is 261 g/mol. The van der Waals surface area contributed by atoms with Gasteiger partial charge in [0.15, 0.2) is 18.2 Å². The largest absolute Gasteiger partial charge is 0.482 e. The molecule has 1 aromatic heterocycles. The van der Waals surface area contributed by atoms with E-state index in [4.69, 9.17) is 4.74 Å². The smallest absolute Gasteiger partial charge is 0.213 e. The van der Waals surface area contributed by atoms with Crippen LogP contribution in [0.4, 0.5) is 4.39 Å². The Balaban J connectivity index is 1.98. The minimum atomic E-state index is -0.392. The van der Waals surface area contributed by atoms with Gasteiger partial charge in [0.1, 0.15) is 0 Å². The minimum absolute atomic E-state index is 0.0798. The molecule has 2 aromatic rings. The highest BCUT2D eigenvalue weighted by Gasteiger charge is 2.10. The first-order valence-electron chi connectivity index (χ1n) is 6.61. The maximum absolute atomic E-state index is 13.9. The molecule has 0 radical (unpaired) electrons. The van der Waals surface area contributed by atoms with Crippen LogP contribution in [0.1, 0.15) is 37.7 Å². The van der Waals surface area contributed by atoms with Crippen LogP contribution in [0, 0.1) is 5.82 Å². The summed E-state index contributed by atoms with van der Waals surface area (Å²) in [5.41, 5.74) is 0.892. The van der Waals surface area contributed by atoms with Crippen molar-refractivity contribution in [3.8, 4) is 5.75 Å². The summed E-state index contributed by atoms with van der Waals surface area (Å²) in [5, 5.41) is 6.91. The van der Waals surface area contributed by atoms with Crippen molar-refractivity contribution in [2.24, 2.45) is 0 Å². The summed E-state index contributed by atoms with van der Waals surface area (Å²) in [7, 11) is 0. The fourth-order valence-electron chi connectivity index (χ4n) is 1.78. The lowest BCUT2D eigenvalue weighted by atomic mass is 10.1. The summed E-state index contributed by atoms with van der Waals surface area (Å²) in [6.07, 6.45) is 2.25. The van der Waals surface area contributed by atoms with Gasteiger partial charge in [-0.25, -0.2) is 4.39 Å². The normalized spacial score (nSPS) is 12.3. The molecule has 0 amide bonds. The van der Waals surface area contributed by atoms with Crippen molar-refractivity contribution in [3.05, 3.63) is 41.8 Å². The second-order valence-electron chi connectivity index (χ2n) is 4.50. The summed E-state index contributed by atoms with van der Waals surface area (Å²) < 4.78 is 23.8. The van der Waals surface area contributed by atoms with Crippen molar-refractivity contribution in [1.82, 2.24) is 15.5 Å². The maximum Gasteiger partial charge on any atom is 0.213 e. The zero-order valence-corrected chi connectivity index (χ0v) is 11.6.